The smallest absolute Gasteiger partial charge is 0.231 e. The van der Waals surface area contributed by atoms with E-state index in [1.807, 2.05) is 12.1 Å². The van der Waals surface area contributed by atoms with E-state index in [1.165, 1.54) is 12.8 Å². The average molecular weight is 487 g/mol. The summed E-state index contributed by atoms with van der Waals surface area (Å²) in [6, 6.07) is 8.84. The lowest BCUT2D eigenvalue weighted by Crippen LogP contribution is -2.36. The van der Waals surface area contributed by atoms with E-state index in [2.05, 4.69) is 42.8 Å². The summed E-state index contributed by atoms with van der Waals surface area (Å²) in [5, 5.41) is 15.6. The zero-order valence-corrected chi connectivity index (χ0v) is 19.9. The Morgan fingerprint density at radius 3 is 2.62 bits per heavy atom. The Balaban J connectivity index is 1.38. The zero-order valence-electron chi connectivity index (χ0n) is 19.1. The van der Waals surface area contributed by atoms with E-state index in [-0.39, 0.29) is 12.1 Å². The van der Waals surface area contributed by atoms with Gasteiger partial charge in [-0.3, -0.25) is 5.10 Å². The van der Waals surface area contributed by atoms with E-state index in [0.29, 0.717) is 22.4 Å². The predicted molar refractivity (Wildman–Crippen MR) is 132 cm³/mol. The third kappa shape index (κ3) is 5.36. The van der Waals surface area contributed by atoms with Crippen LogP contribution in [0.3, 0.4) is 0 Å². The molecule has 2 fully saturated rings. The first-order valence-electron chi connectivity index (χ1n) is 11.5. The number of ether oxygens (including phenoxy) is 1. The van der Waals surface area contributed by atoms with Crippen molar-refractivity contribution in [3.63, 3.8) is 0 Å². The number of hydrogen-bond donors (Lipinski definition) is 4. The van der Waals surface area contributed by atoms with Crippen molar-refractivity contribution in [3.05, 3.63) is 24.3 Å². The molecule has 2 aromatic heterocycles. The maximum absolute atomic E-state index is 6.09. The van der Waals surface area contributed by atoms with Crippen molar-refractivity contribution in [3.8, 4) is 0 Å². The fourth-order valence-electron chi connectivity index (χ4n) is 4.35. The summed E-state index contributed by atoms with van der Waals surface area (Å²) in [5.41, 5.74) is 8.78. The van der Waals surface area contributed by atoms with Crippen LogP contribution in [0.2, 0.25) is 0 Å². The molecule has 1 saturated carbocycles. The molecule has 0 unspecified atom stereocenters. The molecule has 11 nitrogen and oxygen atoms in total. The topological polar surface area (TPSA) is 135 Å². The highest BCUT2D eigenvalue weighted by Gasteiger charge is 2.23. The summed E-state index contributed by atoms with van der Waals surface area (Å²) in [6.07, 6.45) is 3.97. The van der Waals surface area contributed by atoms with Gasteiger partial charge in [-0.1, -0.05) is 0 Å². The molecule has 3 heterocycles. The van der Waals surface area contributed by atoms with Crippen molar-refractivity contribution in [2.24, 2.45) is 5.73 Å². The number of benzene rings is 1. The molecule has 1 aliphatic heterocycles. The number of morpholine rings is 1. The Morgan fingerprint density at radius 2 is 1.88 bits per heavy atom. The van der Waals surface area contributed by atoms with Gasteiger partial charge < -0.3 is 26.0 Å². The van der Waals surface area contributed by atoms with Crippen LogP contribution in [0.15, 0.2) is 29.3 Å². The van der Waals surface area contributed by atoms with Crippen LogP contribution < -0.4 is 21.3 Å². The van der Waals surface area contributed by atoms with Gasteiger partial charge in [0.1, 0.15) is 5.82 Å². The SMILES string of the molecule is COOSc1n[nH]c2nc(Nc3ccc(N4CCOCC4)cc3)nc(NC3CCC(N)CC3)c12. The van der Waals surface area contributed by atoms with Crippen LogP contribution in [0, 0.1) is 0 Å². The van der Waals surface area contributed by atoms with Gasteiger partial charge in [0.2, 0.25) is 5.95 Å². The highest BCUT2D eigenvalue weighted by molar-refractivity contribution is 7.94. The molecule has 0 atom stereocenters. The molecule has 2 aliphatic rings. The average Bonchev–Trinajstić information content (AvgIpc) is 3.28. The van der Waals surface area contributed by atoms with Gasteiger partial charge in [0.05, 0.1) is 37.8 Å². The van der Waals surface area contributed by atoms with Crippen LogP contribution in [0.25, 0.3) is 11.0 Å². The highest BCUT2D eigenvalue weighted by atomic mass is 32.2. The molecule has 1 saturated heterocycles. The molecule has 1 aromatic carbocycles. The number of anilines is 4. The second kappa shape index (κ2) is 10.7. The number of nitrogens with zero attached hydrogens (tertiary/aromatic N) is 4. The summed E-state index contributed by atoms with van der Waals surface area (Å²) >= 11 is 1.02. The number of H-pyrrole nitrogens is 1. The lowest BCUT2D eigenvalue weighted by Gasteiger charge is -2.29. The molecule has 5 N–H and O–H groups in total. The Bertz CT molecular complexity index is 1080. The lowest BCUT2D eigenvalue weighted by atomic mass is 9.92. The Kier molecular flexibility index (Phi) is 7.30. The van der Waals surface area contributed by atoms with Gasteiger partial charge in [-0.2, -0.15) is 19.4 Å². The van der Waals surface area contributed by atoms with E-state index < -0.39 is 0 Å². The second-order valence-electron chi connectivity index (χ2n) is 8.49. The van der Waals surface area contributed by atoms with E-state index in [4.69, 9.17) is 24.7 Å². The first kappa shape index (κ1) is 23.1. The first-order chi connectivity index (χ1) is 16.7. The maximum Gasteiger partial charge on any atom is 0.231 e. The van der Waals surface area contributed by atoms with Gasteiger partial charge in [-0.15, -0.1) is 0 Å². The summed E-state index contributed by atoms with van der Waals surface area (Å²) in [4.78, 5) is 16.5. The number of rotatable bonds is 8. The fourth-order valence-corrected chi connectivity index (χ4v) is 4.85. The predicted octanol–water partition coefficient (Wildman–Crippen LogP) is 3.20. The second-order valence-corrected chi connectivity index (χ2v) is 9.18. The van der Waals surface area contributed by atoms with Gasteiger partial charge in [0.15, 0.2) is 10.7 Å². The van der Waals surface area contributed by atoms with E-state index in [0.717, 1.165) is 75.1 Å². The molecular weight excluding hydrogens is 456 g/mol. The monoisotopic (exact) mass is 486 g/mol. The minimum absolute atomic E-state index is 0.274. The molecule has 34 heavy (non-hydrogen) atoms. The number of nitrogens with two attached hydrogens (primary N) is 1. The van der Waals surface area contributed by atoms with Gasteiger partial charge in [-0.25, -0.2) is 4.89 Å². The number of fused-ring (bicyclic) bond motifs is 1. The van der Waals surface area contributed by atoms with E-state index >= 15 is 0 Å². The first-order valence-corrected chi connectivity index (χ1v) is 12.3. The molecule has 182 valence electrons. The minimum Gasteiger partial charge on any atom is -0.378 e. The Labute approximate surface area is 202 Å². The molecule has 0 radical (unpaired) electrons. The van der Waals surface area contributed by atoms with Crippen molar-refractivity contribution in [1.29, 1.82) is 0 Å². The van der Waals surface area contributed by atoms with Gasteiger partial charge in [-0.05, 0) is 49.9 Å². The van der Waals surface area contributed by atoms with Crippen molar-refractivity contribution in [2.75, 3.05) is 48.9 Å². The normalized spacial score (nSPS) is 21.1. The molecule has 0 spiro atoms. The number of nitrogens with one attached hydrogen (secondary N) is 3. The third-order valence-electron chi connectivity index (χ3n) is 6.18. The molecular formula is C22H30N8O3S. The van der Waals surface area contributed by atoms with Crippen molar-refractivity contribution >= 4 is 46.2 Å². The van der Waals surface area contributed by atoms with Crippen LogP contribution in [-0.4, -0.2) is 65.7 Å². The maximum atomic E-state index is 6.09. The Morgan fingerprint density at radius 1 is 1.12 bits per heavy atom. The lowest BCUT2D eigenvalue weighted by molar-refractivity contribution is -0.160. The van der Waals surface area contributed by atoms with Crippen molar-refractivity contribution < 1.29 is 14.0 Å². The molecule has 3 aromatic rings. The molecule has 1 aliphatic carbocycles. The molecule has 5 rings (SSSR count). The third-order valence-corrected chi connectivity index (χ3v) is 6.84. The number of aromatic amines is 1. The largest absolute Gasteiger partial charge is 0.378 e. The summed E-state index contributed by atoms with van der Waals surface area (Å²) < 4.78 is 10.5. The summed E-state index contributed by atoms with van der Waals surface area (Å²) in [6.45, 7) is 3.33. The molecule has 12 heteroatoms. The van der Waals surface area contributed by atoms with Gasteiger partial charge in [0, 0.05) is 36.5 Å². The number of aromatic nitrogens is 4. The molecule has 0 amide bonds. The van der Waals surface area contributed by atoms with Crippen LogP contribution in [-0.2, 0) is 14.0 Å². The minimum atomic E-state index is 0.274. The molecule has 0 bridgehead atoms. The van der Waals surface area contributed by atoms with Crippen LogP contribution in [0.4, 0.5) is 23.1 Å². The zero-order chi connectivity index (χ0) is 23.3. The quantitative estimate of drug-likeness (QED) is 0.212. The van der Waals surface area contributed by atoms with Crippen LogP contribution in [0.1, 0.15) is 25.7 Å². The summed E-state index contributed by atoms with van der Waals surface area (Å²) in [5.74, 6) is 1.18. The fraction of sp³-hybridized carbons (Fsp3) is 0.500. The van der Waals surface area contributed by atoms with E-state index in [9.17, 15) is 0 Å². The number of hydrogen-bond acceptors (Lipinski definition) is 11. The van der Waals surface area contributed by atoms with Crippen LogP contribution >= 0.6 is 12.0 Å². The van der Waals surface area contributed by atoms with Gasteiger partial charge in [0.25, 0.3) is 0 Å². The van der Waals surface area contributed by atoms with E-state index in [1.54, 1.807) is 0 Å². The van der Waals surface area contributed by atoms with Gasteiger partial charge >= 0.3 is 0 Å². The standard InChI is InChI=1S/C22H30N8O3S/c1-31-33-34-21-18-19(24-15-4-2-14(23)3-5-15)26-22(27-20(18)28-29-21)25-16-6-8-17(9-7-16)30-10-12-32-13-11-30/h6-9,14-15H,2-5,10-13,23H2,1H3,(H3,24,25,26,27,28,29). The summed E-state index contributed by atoms with van der Waals surface area (Å²) in [7, 11) is 1.45. The highest BCUT2D eigenvalue weighted by Crippen LogP contribution is 2.33. The Hall–Kier alpha value is -2.64. The van der Waals surface area contributed by atoms with Crippen molar-refractivity contribution in [2.45, 2.75) is 42.8 Å². The van der Waals surface area contributed by atoms with Crippen LogP contribution in [0.5, 0.6) is 0 Å². The van der Waals surface area contributed by atoms with Crippen molar-refractivity contribution in [1.82, 2.24) is 20.2 Å².